The van der Waals surface area contributed by atoms with Gasteiger partial charge in [0.1, 0.15) is 11.9 Å². The molecule has 1 atom stereocenters. The second kappa shape index (κ2) is 7.14. The summed E-state index contributed by atoms with van der Waals surface area (Å²) in [5.41, 5.74) is 0.450. The van der Waals surface area contributed by atoms with Crippen LogP contribution in [0.2, 0.25) is 0 Å². The summed E-state index contributed by atoms with van der Waals surface area (Å²) in [6.07, 6.45) is -0.132. The van der Waals surface area contributed by atoms with Crippen LogP contribution in [0, 0.1) is 5.82 Å². The van der Waals surface area contributed by atoms with Gasteiger partial charge in [0, 0.05) is 31.9 Å². The van der Waals surface area contributed by atoms with Gasteiger partial charge in [0.05, 0.1) is 6.42 Å². The molecule has 114 valence electrons. The van der Waals surface area contributed by atoms with E-state index in [1.54, 1.807) is 4.90 Å². The number of aliphatic carboxylic acids is 1. The molecule has 6 nitrogen and oxygen atoms in total. The maximum absolute atomic E-state index is 12.8. The number of amides is 1. The highest BCUT2D eigenvalue weighted by Crippen LogP contribution is 2.11. The molecule has 1 aliphatic rings. The van der Waals surface area contributed by atoms with Gasteiger partial charge in [0.15, 0.2) is 0 Å². The number of carboxylic acid groups (broad SMARTS) is 1. The summed E-state index contributed by atoms with van der Waals surface area (Å²) in [6.45, 7) is 2.62. The van der Waals surface area contributed by atoms with Gasteiger partial charge in [-0.15, -0.1) is 0 Å². The standard InChI is InChI=1S/C14H18FN3O3/c15-10-1-3-11(4-2-10)17-13(19)9-12(14(20)21)18-7-5-16-6-8-18/h1-4,12,16H,5-9H2,(H,17,19)(H,20,21)/t12-/m0/s1. The Morgan fingerprint density at radius 2 is 1.90 bits per heavy atom. The molecular formula is C14H18FN3O3. The molecule has 1 aliphatic heterocycles. The molecule has 0 bridgehead atoms. The molecule has 0 aromatic heterocycles. The van der Waals surface area contributed by atoms with Gasteiger partial charge in [-0.2, -0.15) is 0 Å². The van der Waals surface area contributed by atoms with Crippen LogP contribution in [0.3, 0.4) is 0 Å². The molecular weight excluding hydrogens is 277 g/mol. The molecule has 0 unspecified atom stereocenters. The van der Waals surface area contributed by atoms with E-state index in [-0.39, 0.29) is 6.42 Å². The Morgan fingerprint density at radius 1 is 1.29 bits per heavy atom. The Balaban J connectivity index is 1.94. The molecule has 1 fully saturated rings. The number of hydrogen-bond acceptors (Lipinski definition) is 4. The molecule has 0 spiro atoms. The van der Waals surface area contributed by atoms with E-state index >= 15 is 0 Å². The van der Waals surface area contributed by atoms with E-state index < -0.39 is 23.7 Å². The van der Waals surface area contributed by atoms with Crippen molar-refractivity contribution in [3.05, 3.63) is 30.1 Å². The lowest BCUT2D eigenvalue weighted by Gasteiger charge is -2.32. The monoisotopic (exact) mass is 295 g/mol. The molecule has 2 rings (SSSR count). The fourth-order valence-electron chi connectivity index (χ4n) is 2.29. The average Bonchev–Trinajstić information content (AvgIpc) is 2.48. The van der Waals surface area contributed by atoms with Crippen LogP contribution in [-0.4, -0.2) is 54.1 Å². The summed E-state index contributed by atoms with van der Waals surface area (Å²) in [7, 11) is 0. The Kier molecular flexibility index (Phi) is 5.24. The molecule has 3 N–H and O–H groups in total. The Labute approximate surface area is 121 Å². The van der Waals surface area contributed by atoms with Crippen LogP contribution in [0.4, 0.5) is 10.1 Å². The average molecular weight is 295 g/mol. The van der Waals surface area contributed by atoms with Gasteiger partial charge in [-0.25, -0.2) is 4.39 Å². The number of rotatable bonds is 5. The minimum atomic E-state index is -1.01. The zero-order valence-electron chi connectivity index (χ0n) is 11.5. The van der Waals surface area contributed by atoms with E-state index in [1.807, 2.05) is 0 Å². The highest BCUT2D eigenvalue weighted by atomic mass is 19.1. The lowest BCUT2D eigenvalue weighted by Crippen LogP contribution is -2.52. The van der Waals surface area contributed by atoms with E-state index in [4.69, 9.17) is 0 Å². The molecule has 0 radical (unpaired) electrons. The maximum Gasteiger partial charge on any atom is 0.321 e. The van der Waals surface area contributed by atoms with E-state index in [0.717, 1.165) is 0 Å². The number of nitrogens with one attached hydrogen (secondary N) is 2. The van der Waals surface area contributed by atoms with Crippen LogP contribution in [0.15, 0.2) is 24.3 Å². The number of carbonyl (C=O) groups excluding carboxylic acids is 1. The molecule has 7 heteroatoms. The zero-order valence-corrected chi connectivity index (χ0v) is 11.5. The largest absolute Gasteiger partial charge is 0.480 e. The normalized spacial score (nSPS) is 17.2. The van der Waals surface area contributed by atoms with Crippen molar-refractivity contribution >= 4 is 17.6 Å². The molecule has 0 aliphatic carbocycles. The Bertz CT molecular complexity index is 501. The molecule has 0 saturated carbocycles. The number of halogens is 1. The van der Waals surface area contributed by atoms with Crippen molar-refractivity contribution in [2.24, 2.45) is 0 Å². The van der Waals surface area contributed by atoms with Gasteiger partial charge in [-0.3, -0.25) is 14.5 Å². The number of nitrogens with zero attached hydrogens (tertiary/aromatic N) is 1. The van der Waals surface area contributed by atoms with Gasteiger partial charge < -0.3 is 15.7 Å². The van der Waals surface area contributed by atoms with Gasteiger partial charge in [-0.1, -0.05) is 0 Å². The molecule has 1 aromatic carbocycles. The lowest BCUT2D eigenvalue weighted by molar-refractivity contribution is -0.145. The zero-order chi connectivity index (χ0) is 15.2. The van der Waals surface area contributed by atoms with Gasteiger partial charge >= 0.3 is 5.97 Å². The van der Waals surface area contributed by atoms with Crippen LogP contribution < -0.4 is 10.6 Å². The number of piperazine rings is 1. The predicted molar refractivity (Wildman–Crippen MR) is 75.5 cm³/mol. The van der Waals surface area contributed by atoms with Crippen LogP contribution in [0.25, 0.3) is 0 Å². The summed E-state index contributed by atoms with van der Waals surface area (Å²) >= 11 is 0. The van der Waals surface area contributed by atoms with Crippen molar-refractivity contribution in [1.29, 1.82) is 0 Å². The SMILES string of the molecule is O=C(C[C@@H](C(=O)O)N1CCNCC1)Nc1ccc(F)cc1. The lowest BCUT2D eigenvalue weighted by atomic mass is 10.1. The van der Waals surface area contributed by atoms with Crippen LogP contribution in [-0.2, 0) is 9.59 Å². The second-order valence-corrected chi connectivity index (χ2v) is 4.90. The molecule has 1 saturated heterocycles. The third-order valence-corrected chi connectivity index (χ3v) is 3.38. The Hall–Kier alpha value is -1.99. The first-order valence-electron chi connectivity index (χ1n) is 6.79. The fraction of sp³-hybridized carbons (Fsp3) is 0.429. The molecule has 1 aromatic rings. The summed E-state index contributed by atoms with van der Waals surface area (Å²) in [6, 6.07) is 4.51. The summed E-state index contributed by atoms with van der Waals surface area (Å²) < 4.78 is 12.8. The smallest absolute Gasteiger partial charge is 0.321 e. The number of carbonyl (C=O) groups is 2. The predicted octanol–water partition coefficient (Wildman–Crippen LogP) is 0.513. The molecule has 1 amide bonds. The maximum atomic E-state index is 12.8. The van der Waals surface area contributed by atoms with Crippen molar-refractivity contribution in [3.8, 4) is 0 Å². The third-order valence-electron chi connectivity index (χ3n) is 3.38. The van der Waals surface area contributed by atoms with Gasteiger partial charge in [-0.05, 0) is 24.3 Å². The van der Waals surface area contributed by atoms with Crippen molar-refractivity contribution in [3.63, 3.8) is 0 Å². The minimum absolute atomic E-state index is 0.132. The van der Waals surface area contributed by atoms with E-state index in [1.165, 1.54) is 24.3 Å². The number of carboxylic acids is 1. The van der Waals surface area contributed by atoms with Crippen molar-refractivity contribution in [2.75, 3.05) is 31.5 Å². The van der Waals surface area contributed by atoms with Crippen LogP contribution in [0.1, 0.15) is 6.42 Å². The number of benzene rings is 1. The molecule has 21 heavy (non-hydrogen) atoms. The summed E-state index contributed by atoms with van der Waals surface area (Å²) in [4.78, 5) is 25.1. The highest BCUT2D eigenvalue weighted by Gasteiger charge is 2.28. The quantitative estimate of drug-likeness (QED) is 0.737. The first-order valence-corrected chi connectivity index (χ1v) is 6.79. The van der Waals surface area contributed by atoms with Gasteiger partial charge in [0.2, 0.25) is 5.91 Å². The fourth-order valence-corrected chi connectivity index (χ4v) is 2.29. The van der Waals surface area contributed by atoms with E-state index in [0.29, 0.717) is 31.9 Å². The number of anilines is 1. The van der Waals surface area contributed by atoms with E-state index in [2.05, 4.69) is 10.6 Å². The minimum Gasteiger partial charge on any atom is -0.480 e. The summed E-state index contributed by atoms with van der Waals surface area (Å²) in [5, 5.41) is 15.0. The number of hydrogen-bond donors (Lipinski definition) is 3. The van der Waals surface area contributed by atoms with Crippen LogP contribution in [0.5, 0.6) is 0 Å². The van der Waals surface area contributed by atoms with Crippen molar-refractivity contribution in [1.82, 2.24) is 10.2 Å². The highest BCUT2D eigenvalue weighted by molar-refractivity contribution is 5.94. The first-order chi connectivity index (χ1) is 10.1. The van der Waals surface area contributed by atoms with Gasteiger partial charge in [0.25, 0.3) is 0 Å². The molecule has 1 heterocycles. The Morgan fingerprint density at radius 3 is 2.48 bits per heavy atom. The van der Waals surface area contributed by atoms with Crippen molar-refractivity contribution < 1.29 is 19.1 Å². The van der Waals surface area contributed by atoms with Crippen LogP contribution >= 0.6 is 0 Å². The second-order valence-electron chi connectivity index (χ2n) is 4.90. The third kappa shape index (κ3) is 4.51. The summed E-state index contributed by atoms with van der Waals surface area (Å²) in [5.74, 6) is -1.80. The van der Waals surface area contributed by atoms with E-state index in [9.17, 15) is 19.1 Å². The topological polar surface area (TPSA) is 81.7 Å². The first kappa shape index (κ1) is 15.4. The van der Waals surface area contributed by atoms with Crippen molar-refractivity contribution in [2.45, 2.75) is 12.5 Å².